The molecule has 0 spiro atoms. The molecule has 1 aromatic carbocycles. The number of primary amides is 1. The van der Waals surface area contributed by atoms with E-state index in [1.807, 2.05) is 44.2 Å². The third kappa shape index (κ3) is 4.35. The lowest BCUT2D eigenvalue weighted by atomic mass is 9.91. The molecule has 5 nitrogen and oxygen atoms in total. The molecule has 0 radical (unpaired) electrons. The zero-order chi connectivity index (χ0) is 15.2. The van der Waals surface area contributed by atoms with Gasteiger partial charge in [0.05, 0.1) is 12.3 Å². The lowest BCUT2D eigenvalue weighted by Crippen LogP contribution is -2.37. The van der Waals surface area contributed by atoms with Gasteiger partial charge >= 0.3 is 6.03 Å². The number of urea groups is 1. The van der Waals surface area contributed by atoms with Gasteiger partial charge in [0.15, 0.2) is 0 Å². The van der Waals surface area contributed by atoms with Crippen molar-refractivity contribution >= 4 is 11.7 Å². The molecule has 0 heterocycles. The maximum atomic E-state index is 10.8. The van der Waals surface area contributed by atoms with Gasteiger partial charge in [-0.15, -0.1) is 0 Å². The van der Waals surface area contributed by atoms with Gasteiger partial charge < -0.3 is 10.5 Å². The highest BCUT2D eigenvalue weighted by Crippen LogP contribution is 2.27. The van der Waals surface area contributed by atoms with Crippen LogP contribution in [0.15, 0.2) is 35.4 Å². The Balaban J connectivity index is 3.06. The molecule has 5 heteroatoms. The largest absolute Gasteiger partial charge is 0.364 e. The standard InChI is InChI=1S/C15H23N3O2/c1-11(2)10-20-15(4,12(3)17-18-14(16)19)13-8-6-5-7-9-13/h5-9,11H,10H2,1-4H3,(H3,16,18,19)/t15-/m0/s1. The molecule has 0 unspecified atom stereocenters. The third-order valence-corrected chi connectivity index (χ3v) is 3.05. The van der Waals surface area contributed by atoms with Gasteiger partial charge in [0, 0.05) is 0 Å². The van der Waals surface area contributed by atoms with Crippen molar-refractivity contribution in [2.75, 3.05) is 6.61 Å². The smallest absolute Gasteiger partial charge is 0.332 e. The molecular formula is C15H23N3O2. The molecule has 0 aliphatic rings. The first kappa shape index (κ1) is 16.2. The van der Waals surface area contributed by atoms with Crippen molar-refractivity contribution < 1.29 is 9.53 Å². The van der Waals surface area contributed by atoms with Crippen LogP contribution in [0.2, 0.25) is 0 Å². The first-order valence-corrected chi connectivity index (χ1v) is 6.66. The fourth-order valence-electron chi connectivity index (χ4n) is 1.73. The number of amides is 2. The molecule has 20 heavy (non-hydrogen) atoms. The number of hydrogen-bond donors (Lipinski definition) is 2. The zero-order valence-corrected chi connectivity index (χ0v) is 12.5. The maximum absolute atomic E-state index is 10.8. The highest BCUT2D eigenvalue weighted by atomic mass is 16.5. The van der Waals surface area contributed by atoms with Crippen LogP contribution in [0.3, 0.4) is 0 Å². The molecule has 2 amide bonds. The maximum Gasteiger partial charge on any atom is 0.332 e. The summed E-state index contributed by atoms with van der Waals surface area (Å²) in [5, 5.41) is 4.02. The Morgan fingerprint density at radius 1 is 1.40 bits per heavy atom. The molecule has 0 aromatic heterocycles. The summed E-state index contributed by atoms with van der Waals surface area (Å²) in [6.45, 7) is 8.50. The number of hydrazone groups is 1. The lowest BCUT2D eigenvalue weighted by molar-refractivity contribution is 0.00164. The third-order valence-electron chi connectivity index (χ3n) is 3.05. The second-order valence-electron chi connectivity index (χ2n) is 5.28. The van der Waals surface area contributed by atoms with E-state index in [-0.39, 0.29) is 0 Å². The summed E-state index contributed by atoms with van der Waals surface area (Å²) in [6, 6.07) is 9.10. The summed E-state index contributed by atoms with van der Waals surface area (Å²) >= 11 is 0. The van der Waals surface area contributed by atoms with Crippen molar-refractivity contribution in [3.8, 4) is 0 Å². The quantitative estimate of drug-likeness (QED) is 0.619. The number of carbonyl (C=O) groups is 1. The zero-order valence-electron chi connectivity index (χ0n) is 12.5. The van der Waals surface area contributed by atoms with E-state index in [0.717, 1.165) is 5.56 Å². The molecule has 1 rings (SSSR count). The van der Waals surface area contributed by atoms with Crippen molar-refractivity contribution in [1.29, 1.82) is 0 Å². The number of ether oxygens (including phenoxy) is 1. The van der Waals surface area contributed by atoms with E-state index in [4.69, 9.17) is 10.5 Å². The molecule has 0 saturated carbocycles. The second kappa shape index (κ2) is 7.05. The Kier molecular flexibility index (Phi) is 5.70. The van der Waals surface area contributed by atoms with Crippen LogP contribution in [0.1, 0.15) is 33.3 Å². The van der Waals surface area contributed by atoms with Gasteiger partial charge in [-0.25, -0.2) is 10.2 Å². The van der Waals surface area contributed by atoms with Crippen molar-refractivity contribution in [2.24, 2.45) is 16.8 Å². The summed E-state index contributed by atoms with van der Waals surface area (Å²) in [7, 11) is 0. The van der Waals surface area contributed by atoms with Crippen LogP contribution in [0.25, 0.3) is 0 Å². The lowest BCUT2D eigenvalue weighted by Gasteiger charge is -2.31. The minimum atomic E-state index is -0.700. The Bertz CT molecular complexity index is 471. The van der Waals surface area contributed by atoms with Crippen molar-refractivity contribution in [3.05, 3.63) is 35.9 Å². The number of rotatable bonds is 6. The van der Waals surface area contributed by atoms with Gasteiger partial charge in [0.2, 0.25) is 0 Å². The van der Waals surface area contributed by atoms with E-state index in [0.29, 0.717) is 18.2 Å². The summed E-state index contributed by atoms with van der Waals surface area (Å²) < 4.78 is 6.05. The summed E-state index contributed by atoms with van der Waals surface area (Å²) in [5.41, 5.74) is 8.22. The van der Waals surface area contributed by atoms with E-state index in [1.165, 1.54) is 0 Å². The first-order valence-electron chi connectivity index (χ1n) is 6.66. The number of benzene rings is 1. The fourth-order valence-corrected chi connectivity index (χ4v) is 1.73. The van der Waals surface area contributed by atoms with Crippen LogP contribution < -0.4 is 11.2 Å². The van der Waals surface area contributed by atoms with Crippen molar-refractivity contribution in [3.63, 3.8) is 0 Å². The van der Waals surface area contributed by atoms with E-state index in [2.05, 4.69) is 24.4 Å². The average Bonchev–Trinajstić information content (AvgIpc) is 2.43. The highest BCUT2D eigenvalue weighted by molar-refractivity contribution is 5.92. The molecule has 1 aromatic rings. The SMILES string of the molecule is CC(=NNC(N)=O)[C@](C)(OCC(C)C)c1ccccc1. The first-order chi connectivity index (χ1) is 9.36. The van der Waals surface area contributed by atoms with Gasteiger partial charge in [0.1, 0.15) is 5.60 Å². The van der Waals surface area contributed by atoms with E-state index in [1.54, 1.807) is 0 Å². The Hall–Kier alpha value is -1.88. The van der Waals surface area contributed by atoms with Crippen molar-refractivity contribution in [1.82, 2.24) is 5.43 Å². The van der Waals surface area contributed by atoms with Gasteiger partial charge in [-0.3, -0.25) is 0 Å². The topological polar surface area (TPSA) is 76.7 Å². The molecule has 0 fully saturated rings. The van der Waals surface area contributed by atoms with Gasteiger partial charge in [0.25, 0.3) is 0 Å². The molecule has 0 bridgehead atoms. The van der Waals surface area contributed by atoms with Gasteiger partial charge in [-0.1, -0.05) is 44.2 Å². The molecule has 3 N–H and O–H groups in total. The summed E-state index contributed by atoms with van der Waals surface area (Å²) in [6.07, 6.45) is 0. The highest BCUT2D eigenvalue weighted by Gasteiger charge is 2.31. The van der Waals surface area contributed by atoms with E-state index in [9.17, 15) is 4.79 Å². The Morgan fingerprint density at radius 2 is 2.00 bits per heavy atom. The molecule has 1 atom stereocenters. The van der Waals surface area contributed by atoms with Crippen LogP contribution in [-0.2, 0) is 10.3 Å². The number of nitrogens with zero attached hydrogens (tertiary/aromatic N) is 1. The number of nitrogens with two attached hydrogens (primary N) is 1. The second-order valence-corrected chi connectivity index (χ2v) is 5.28. The van der Waals surface area contributed by atoms with E-state index < -0.39 is 11.6 Å². The van der Waals surface area contributed by atoms with Crippen molar-refractivity contribution in [2.45, 2.75) is 33.3 Å². The van der Waals surface area contributed by atoms with Crippen LogP contribution in [0, 0.1) is 5.92 Å². The molecule has 110 valence electrons. The molecule has 0 aliphatic carbocycles. The molecule has 0 aliphatic heterocycles. The van der Waals surface area contributed by atoms with Crippen LogP contribution in [0.4, 0.5) is 4.79 Å². The average molecular weight is 277 g/mol. The minimum absolute atomic E-state index is 0.398. The van der Waals surface area contributed by atoms with Crippen LogP contribution in [0.5, 0.6) is 0 Å². The predicted octanol–water partition coefficient (Wildman–Crippen LogP) is 2.62. The van der Waals surface area contributed by atoms with Crippen LogP contribution in [-0.4, -0.2) is 18.3 Å². The summed E-state index contributed by atoms with van der Waals surface area (Å²) in [4.78, 5) is 10.8. The Morgan fingerprint density at radius 3 is 2.50 bits per heavy atom. The predicted molar refractivity (Wildman–Crippen MR) is 80.4 cm³/mol. The van der Waals surface area contributed by atoms with Gasteiger partial charge in [-0.05, 0) is 25.3 Å². The number of carbonyl (C=O) groups excluding carboxylic acids is 1. The number of hydrogen-bond acceptors (Lipinski definition) is 3. The monoisotopic (exact) mass is 277 g/mol. The Labute approximate surface area is 120 Å². The number of nitrogens with one attached hydrogen (secondary N) is 1. The van der Waals surface area contributed by atoms with E-state index >= 15 is 0 Å². The van der Waals surface area contributed by atoms with Gasteiger partial charge in [-0.2, -0.15) is 5.10 Å². The summed E-state index contributed by atoms with van der Waals surface area (Å²) in [5.74, 6) is 0.398. The normalized spacial score (nSPS) is 14.9. The minimum Gasteiger partial charge on any atom is -0.364 e. The molecular weight excluding hydrogens is 254 g/mol. The fraction of sp³-hybridized carbons (Fsp3) is 0.467. The molecule has 0 saturated heterocycles. The van der Waals surface area contributed by atoms with Crippen LogP contribution >= 0.6 is 0 Å².